The van der Waals surface area contributed by atoms with Crippen LogP contribution in [0.25, 0.3) is 0 Å². The lowest BCUT2D eigenvalue weighted by Gasteiger charge is -2.19. The molecule has 7 heteroatoms. The Hall–Kier alpha value is -0.330. The van der Waals surface area contributed by atoms with Crippen LogP contribution in [0.5, 0.6) is 0 Å². The maximum Gasteiger partial charge on any atom is 0.215 e. The normalized spacial score (nSPS) is 12.7. The SMILES string of the molecule is CC(C)(N)CNS(=O)(=O)Cc1c(Cl)cccc1Cl. The number of nitrogens with two attached hydrogens (primary N) is 1. The molecule has 1 rings (SSSR count). The van der Waals surface area contributed by atoms with Gasteiger partial charge in [-0.15, -0.1) is 0 Å². The van der Waals surface area contributed by atoms with E-state index in [0.29, 0.717) is 15.6 Å². The van der Waals surface area contributed by atoms with Gasteiger partial charge in [0.15, 0.2) is 0 Å². The minimum Gasteiger partial charge on any atom is -0.324 e. The van der Waals surface area contributed by atoms with E-state index in [0.717, 1.165) is 0 Å². The van der Waals surface area contributed by atoms with Crippen LogP contribution in [0, 0.1) is 0 Å². The van der Waals surface area contributed by atoms with Gasteiger partial charge in [0, 0.05) is 27.7 Å². The highest BCUT2D eigenvalue weighted by Crippen LogP contribution is 2.25. The molecule has 0 heterocycles. The molecule has 0 saturated carbocycles. The summed E-state index contributed by atoms with van der Waals surface area (Å²) in [6.45, 7) is 3.62. The van der Waals surface area contributed by atoms with Crippen LogP contribution in [0.15, 0.2) is 18.2 Å². The van der Waals surface area contributed by atoms with Crippen molar-refractivity contribution in [2.75, 3.05) is 6.54 Å². The summed E-state index contributed by atoms with van der Waals surface area (Å²) < 4.78 is 26.2. The highest BCUT2D eigenvalue weighted by molar-refractivity contribution is 7.88. The second kappa shape index (κ2) is 5.75. The van der Waals surface area contributed by atoms with E-state index in [2.05, 4.69) is 4.72 Å². The molecular formula is C11H16Cl2N2O2S. The molecule has 0 atom stereocenters. The summed E-state index contributed by atoms with van der Waals surface area (Å²) in [5, 5.41) is 0.666. The first-order valence-electron chi connectivity index (χ1n) is 5.30. The van der Waals surface area contributed by atoms with Crippen molar-refractivity contribution in [3.05, 3.63) is 33.8 Å². The predicted octanol–water partition coefficient (Wildman–Crippen LogP) is 2.15. The minimum absolute atomic E-state index is 0.150. The number of sulfonamides is 1. The minimum atomic E-state index is -3.51. The van der Waals surface area contributed by atoms with E-state index in [4.69, 9.17) is 28.9 Å². The monoisotopic (exact) mass is 310 g/mol. The predicted molar refractivity (Wildman–Crippen MR) is 75.4 cm³/mol. The van der Waals surface area contributed by atoms with Gasteiger partial charge in [-0.25, -0.2) is 13.1 Å². The molecule has 18 heavy (non-hydrogen) atoms. The largest absolute Gasteiger partial charge is 0.324 e. The molecule has 0 aliphatic rings. The Morgan fingerprint density at radius 2 is 1.78 bits per heavy atom. The fraction of sp³-hybridized carbons (Fsp3) is 0.455. The number of hydrogen-bond donors (Lipinski definition) is 2. The quantitative estimate of drug-likeness (QED) is 0.875. The molecule has 4 nitrogen and oxygen atoms in total. The summed E-state index contributed by atoms with van der Waals surface area (Å²) in [5.41, 5.74) is 5.49. The van der Waals surface area contributed by atoms with E-state index >= 15 is 0 Å². The first kappa shape index (κ1) is 15.7. The van der Waals surface area contributed by atoms with Gasteiger partial charge < -0.3 is 5.73 Å². The first-order valence-corrected chi connectivity index (χ1v) is 7.71. The zero-order valence-corrected chi connectivity index (χ0v) is 12.5. The van der Waals surface area contributed by atoms with Gasteiger partial charge in [0.05, 0.1) is 5.75 Å². The van der Waals surface area contributed by atoms with Gasteiger partial charge in [-0.3, -0.25) is 0 Å². The summed E-state index contributed by atoms with van der Waals surface area (Å²) in [6.07, 6.45) is 0. The molecule has 1 aromatic rings. The average molecular weight is 311 g/mol. The van der Waals surface area contributed by atoms with Gasteiger partial charge in [0.2, 0.25) is 10.0 Å². The van der Waals surface area contributed by atoms with Crippen molar-refractivity contribution in [1.29, 1.82) is 0 Å². The third-order valence-electron chi connectivity index (χ3n) is 2.14. The van der Waals surface area contributed by atoms with E-state index in [9.17, 15) is 8.42 Å². The van der Waals surface area contributed by atoms with Crippen LogP contribution in [0.1, 0.15) is 19.4 Å². The molecule has 0 amide bonds. The highest BCUT2D eigenvalue weighted by atomic mass is 35.5. The van der Waals surface area contributed by atoms with E-state index in [-0.39, 0.29) is 12.3 Å². The zero-order valence-electron chi connectivity index (χ0n) is 10.2. The average Bonchev–Trinajstić information content (AvgIpc) is 2.20. The molecule has 0 bridgehead atoms. The fourth-order valence-corrected chi connectivity index (χ4v) is 3.28. The molecular weight excluding hydrogens is 295 g/mol. The van der Waals surface area contributed by atoms with E-state index < -0.39 is 15.6 Å². The Labute approximate surface area is 118 Å². The number of halogens is 2. The second-order valence-corrected chi connectivity index (χ2v) is 7.39. The summed E-state index contributed by atoms with van der Waals surface area (Å²) in [6, 6.07) is 4.87. The molecule has 3 N–H and O–H groups in total. The van der Waals surface area contributed by atoms with Gasteiger partial charge in [-0.1, -0.05) is 29.3 Å². The molecule has 0 aromatic heterocycles. The van der Waals surface area contributed by atoms with Gasteiger partial charge in [0.25, 0.3) is 0 Å². The lowest BCUT2D eigenvalue weighted by Crippen LogP contribution is -2.45. The van der Waals surface area contributed by atoms with E-state index in [1.165, 1.54) is 0 Å². The van der Waals surface area contributed by atoms with Crippen molar-refractivity contribution in [2.45, 2.75) is 25.1 Å². The summed E-state index contributed by atoms with van der Waals surface area (Å²) >= 11 is 11.8. The topological polar surface area (TPSA) is 72.2 Å². The summed E-state index contributed by atoms with van der Waals surface area (Å²) in [5.74, 6) is -0.262. The van der Waals surface area contributed by atoms with E-state index in [1.807, 2.05) is 0 Å². The van der Waals surface area contributed by atoms with Crippen molar-refractivity contribution >= 4 is 33.2 Å². The van der Waals surface area contributed by atoms with Gasteiger partial charge in [-0.2, -0.15) is 0 Å². The molecule has 0 aliphatic heterocycles. The van der Waals surface area contributed by atoms with Crippen LogP contribution in [0.4, 0.5) is 0 Å². The van der Waals surface area contributed by atoms with Gasteiger partial charge in [0.1, 0.15) is 0 Å². The van der Waals surface area contributed by atoms with Crippen LogP contribution in [0.3, 0.4) is 0 Å². The molecule has 102 valence electrons. The van der Waals surface area contributed by atoms with Crippen LogP contribution in [-0.4, -0.2) is 20.5 Å². The zero-order chi connectivity index (χ0) is 14.0. The van der Waals surface area contributed by atoms with Gasteiger partial charge >= 0.3 is 0 Å². The van der Waals surface area contributed by atoms with Crippen molar-refractivity contribution in [2.24, 2.45) is 5.73 Å². The number of rotatable bonds is 5. The summed E-state index contributed by atoms with van der Waals surface area (Å²) in [7, 11) is -3.51. The Balaban J connectivity index is 2.84. The second-order valence-electron chi connectivity index (χ2n) is 4.77. The molecule has 0 saturated heterocycles. The smallest absolute Gasteiger partial charge is 0.215 e. The highest BCUT2D eigenvalue weighted by Gasteiger charge is 2.19. The van der Waals surface area contributed by atoms with Crippen molar-refractivity contribution in [3.8, 4) is 0 Å². The molecule has 0 spiro atoms. The maximum absolute atomic E-state index is 11.9. The molecule has 1 aromatic carbocycles. The molecule has 0 aliphatic carbocycles. The number of hydrogen-bond acceptors (Lipinski definition) is 3. The van der Waals surface area contributed by atoms with Crippen molar-refractivity contribution in [3.63, 3.8) is 0 Å². The molecule has 0 fully saturated rings. The molecule has 0 unspecified atom stereocenters. The standard InChI is InChI=1S/C11H16Cl2N2O2S/c1-11(2,14)7-15-18(16,17)6-8-9(12)4-3-5-10(8)13/h3-5,15H,6-7,14H2,1-2H3. The lowest BCUT2D eigenvalue weighted by molar-refractivity contribution is 0.497. The van der Waals surface area contributed by atoms with Crippen LogP contribution >= 0.6 is 23.2 Å². The number of nitrogens with one attached hydrogen (secondary N) is 1. The first-order chi connectivity index (χ1) is 8.11. The lowest BCUT2D eigenvalue weighted by atomic mass is 10.1. The Morgan fingerprint density at radius 1 is 1.28 bits per heavy atom. The summed E-state index contributed by atoms with van der Waals surface area (Å²) in [4.78, 5) is 0. The Morgan fingerprint density at radius 3 is 2.22 bits per heavy atom. The van der Waals surface area contributed by atoms with Crippen LogP contribution < -0.4 is 10.5 Å². The third kappa shape index (κ3) is 5.12. The molecule has 0 radical (unpaired) electrons. The van der Waals surface area contributed by atoms with Crippen LogP contribution in [0.2, 0.25) is 10.0 Å². The Bertz CT molecular complexity index is 504. The van der Waals surface area contributed by atoms with E-state index in [1.54, 1.807) is 32.0 Å². The maximum atomic E-state index is 11.9. The van der Waals surface area contributed by atoms with Gasteiger partial charge in [-0.05, 0) is 26.0 Å². The van der Waals surface area contributed by atoms with Crippen LogP contribution in [-0.2, 0) is 15.8 Å². The van der Waals surface area contributed by atoms with Crippen molar-refractivity contribution < 1.29 is 8.42 Å². The fourth-order valence-electron chi connectivity index (χ4n) is 1.21. The van der Waals surface area contributed by atoms with Crippen molar-refractivity contribution in [1.82, 2.24) is 4.72 Å². The Kier molecular flexibility index (Phi) is 5.03. The number of benzene rings is 1. The third-order valence-corrected chi connectivity index (χ3v) is 4.10.